The average Bonchev–Trinajstić information content (AvgIpc) is 2.84. The van der Waals surface area contributed by atoms with Crippen molar-refractivity contribution >= 4 is 46.5 Å². The number of para-hydroxylation sites is 1. The molecule has 3 amide bonds. The second-order valence-electron chi connectivity index (χ2n) is 8.56. The summed E-state index contributed by atoms with van der Waals surface area (Å²) in [7, 11) is 2.09. The summed E-state index contributed by atoms with van der Waals surface area (Å²) in [6.45, 7) is 2.03. The molecular weight excluding hydrogens is 487 g/mol. The number of benzene rings is 3. The third-order valence-corrected chi connectivity index (χ3v) is 6.70. The molecule has 4 rings (SSSR count). The summed E-state index contributed by atoms with van der Waals surface area (Å²) in [5.41, 5.74) is -0.186. The zero-order chi connectivity index (χ0) is 25.0. The van der Waals surface area contributed by atoms with E-state index >= 15 is 0 Å². The Morgan fingerprint density at radius 1 is 1.06 bits per heavy atom. The number of rotatable bonds is 8. The van der Waals surface area contributed by atoms with Crippen LogP contribution in [0.15, 0.2) is 72.8 Å². The summed E-state index contributed by atoms with van der Waals surface area (Å²) in [5.74, 6) is -0.702. The molecule has 0 saturated heterocycles. The number of nitrogens with zero attached hydrogens (tertiary/aromatic N) is 1. The van der Waals surface area contributed by atoms with Crippen LogP contribution in [0.4, 0.5) is 16.2 Å². The lowest BCUT2D eigenvalue weighted by molar-refractivity contribution is -0.893. The first-order valence-electron chi connectivity index (χ1n) is 11.3. The molecule has 0 bridgehead atoms. The second-order valence-corrected chi connectivity index (χ2v) is 9.38. The molecule has 2 atom stereocenters. The predicted molar refractivity (Wildman–Crippen MR) is 138 cm³/mol. The van der Waals surface area contributed by atoms with Gasteiger partial charge in [-0.2, -0.15) is 0 Å². The fraction of sp³-hybridized carbons (Fsp3) is 0.231. The lowest BCUT2D eigenvalue weighted by atomic mass is 9.94. The molecule has 182 valence electrons. The van der Waals surface area contributed by atoms with Gasteiger partial charge in [-0.3, -0.25) is 9.69 Å². The van der Waals surface area contributed by atoms with Gasteiger partial charge in [0.1, 0.15) is 6.54 Å². The highest BCUT2D eigenvalue weighted by Crippen LogP contribution is 2.41. The van der Waals surface area contributed by atoms with Gasteiger partial charge in [0, 0.05) is 24.1 Å². The molecule has 0 spiro atoms. The Bertz CT molecular complexity index is 1220. The molecule has 35 heavy (non-hydrogen) atoms. The van der Waals surface area contributed by atoms with Crippen molar-refractivity contribution in [2.75, 3.05) is 30.4 Å². The smallest absolute Gasteiger partial charge is 0.329 e. The fourth-order valence-electron chi connectivity index (χ4n) is 4.23. The molecule has 1 aliphatic heterocycles. The Kier molecular flexibility index (Phi) is 7.62. The maximum atomic E-state index is 13.5. The summed E-state index contributed by atoms with van der Waals surface area (Å²) in [6.07, 6.45) is 0.696. The van der Waals surface area contributed by atoms with Gasteiger partial charge in [0.15, 0.2) is 0 Å². The summed E-state index contributed by atoms with van der Waals surface area (Å²) in [5, 5.41) is 17.8. The molecule has 0 fully saturated rings. The number of nitrogens with one attached hydrogen (secondary N) is 3. The third-order valence-electron chi connectivity index (χ3n) is 5.96. The van der Waals surface area contributed by atoms with Gasteiger partial charge >= 0.3 is 6.03 Å². The standard InChI is InChI=1S/C26H26Cl2N4O3/c1-31(17-18-8-3-2-4-9-18)15-7-14-29-24(33)26(35)20-10-5-6-11-23(20)30-25(34)32(26)19-12-13-21(27)22(28)16-19/h2-6,8-13,16,35H,7,14-15,17H2,1H3,(H,29,33)(H,30,34)/p+1. The van der Waals surface area contributed by atoms with E-state index in [1.54, 1.807) is 24.3 Å². The largest absolute Gasteiger partial charge is 0.359 e. The lowest BCUT2D eigenvalue weighted by Gasteiger charge is -2.42. The topological polar surface area (TPSA) is 86.1 Å². The van der Waals surface area contributed by atoms with Crippen molar-refractivity contribution in [3.05, 3.63) is 94.0 Å². The van der Waals surface area contributed by atoms with Crippen molar-refractivity contribution in [2.45, 2.75) is 18.7 Å². The zero-order valence-corrected chi connectivity index (χ0v) is 20.7. The van der Waals surface area contributed by atoms with Gasteiger partial charge < -0.3 is 20.6 Å². The van der Waals surface area contributed by atoms with Crippen LogP contribution in [0.5, 0.6) is 0 Å². The van der Waals surface area contributed by atoms with Gasteiger partial charge in [-0.25, -0.2) is 4.79 Å². The highest BCUT2D eigenvalue weighted by molar-refractivity contribution is 6.42. The van der Waals surface area contributed by atoms with Gasteiger partial charge in [0.25, 0.3) is 11.6 Å². The van der Waals surface area contributed by atoms with Crippen molar-refractivity contribution in [2.24, 2.45) is 0 Å². The predicted octanol–water partition coefficient (Wildman–Crippen LogP) is 3.41. The number of halogens is 2. The van der Waals surface area contributed by atoms with Crippen LogP contribution in [0.3, 0.4) is 0 Å². The number of carbonyl (C=O) groups excluding carboxylic acids is 2. The zero-order valence-electron chi connectivity index (χ0n) is 19.2. The number of quaternary nitrogens is 1. The minimum Gasteiger partial charge on any atom is -0.359 e. The molecule has 0 aromatic heterocycles. The van der Waals surface area contributed by atoms with Crippen LogP contribution in [-0.4, -0.2) is 37.2 Å². The minimum absolute atomic E-state index is 0.197. The van der Waals surface area contributed by atoms with Crippen molar-refractivity contribution in [3.8, 4) is 0 Å². The van der Waals surface area contributed by atoms with Crippen LogP contribution < -0.4 is 20.4 Å². The number of hydrogen-bond acceptors (Lipinski definition) is 3. The first-order valence-corrected chi connectivity index (χ1v) is 12.1. The molecule has 7 nitrogen and oxygen atoms in total. The minimum atomic E-state index is -2.28. The van der Waals surface area contributed by atoms with Gasteiger partial charge in [0.05, 0.1) is 35.0 Å². The van der Waals surface area contributed by atoms with Crippen molar-refractivity contribution in [1.82, 2.24) is 5.32 Å². The first-order chi connectivity index (χ1) is 16.8. The Hall–Kier alpha value is -3.10. The Morgan fingerprint density at radius 3 is 2.51 bits per heavy atom. The van der Waals surface area contributed by atoms with Crippen LogP contribution >= 0.6 is 23.2 Å². The Morgan fingerprint density at radius 2 is 1.77 bits per heavy atom. The number of fused-ring (bicyclic) bond motifs is 1. The number of anilines is 2. The molecule has 3 aromatic rings. The number of hydrogen-bond donors (Lipinski definition) is 4. The normalized spacial score (nSPS) is 17.9. The summed E-state index contributed by atoms with van der Waals surface area (Å²) >= 11 is 12.2. The van der Waals surface area contributed by atoms with Crippen LogP contribution in [-0.2, 0) is 17.1 Å². The van der Waals surface area contributed by atoms with Crippen molar-refractivity contribution < 1.29 is 19.6 Å². The van der Waals surface area contributed by atoms with E-state index in [1.807, 2.05) is 18.2 Å². The van der Waals surface area contributed by atoms with E-state index in [4.69, 9.17) is 23.2 Å². The second kappa shape index (κ2) is 10.7. The van der Waals surface area contributed by atoms with Gasteiger partial charge in [-0.15, -0.1) is 0 Å². The van der Waals surface area contributed by atoms with Gasteiger partial charge in [-0.05, 0) is 24.3 Å². The molecule has 3 aromatic carbocycles. The molecule has 1 heterocycles. The van der Waals surface area contributed by atoms with E-state index < -0.39 is 17.7 Å². The van der Waals surface area contributed by atoms with E-state index in [0.717, 1.165) is 18.0 Å². The number of aliphatic hydroxyl groups is 1. The van der Waals surface area contributed by atoms with E-state index in [2.05, 4.69) is 29.8 Å². The van der Waals surface area contributed by atoms with Crippen molar-refractivity contribution in [3.63, 3.8) is 0 Å². The number of amides is 3. The first kappa shape index (κ1) is 25.0. The molecule has 0 aliphatic carbocycles. The van der Waals surface area contributed by atoms with Gasteiger partial charge in [0.2, 0.25) is 0 Å². The molecule has 1 aliphatic rings. The average molecular weight is 514 g/mol. The van der Waals surface area contributed by atoms with Crippen LogP contribution in [0.1, 0.15) is 17.5 Å². The summed E-state index contributed by atoms with van der Waals surface area (Å²) < 4.78 is 0. The SMILES string of the molecule is C[NH+](CCCNC(=O)C1(O)c2ccccc2NC(=O)N1c1ccc(Cl)c(Cl)c1)Cc1ccccc1. The highest BCUT2D eigenvalue weighted by atomic mass is 35.5. The van der Waals surface area contributed by atoms with Crippen LogP contribution in [0.2, 0.25) is 10.0 Å². The lowest BCUT2D eigenvalue weighted by Crippen LogP contribution is -3.07. The van der Waals surface area contributed by atoms with Crippen LogP contribution in [0.25, 0.3) is 0 Å². The molecule has 0 radical (unpaired) electrons. The van der Waals surface area contributed by atoms with Gasteiger partial charge in [-0.1, -0.05) is 71.7 Å². The van der Waals surface area contributed by atoms with Crippen molar-refractivity contribution in [1.29, 1.82) is 0 Å². The van der Waals surface area contributed by atoms with E-state index in [-0.39, 0.29) is 16.3 Å². The van der Waals surface area contributed by atoms with Crippen LogP contribution in [0, 0.1) is 0 Å². The highest BCUT2D eigenvalue weighted by Gasteiger charge is 2.51. The van der Waals surface area contributed by atoms with E-state index in [1.165, 1.54) is 28.7 Å². The molecular formula is C26H27Cl2N4O3+. The Balaban J connectivity index is 1.51. The molecule has 9 heteroatoms. The monoisotopic (exact) mass is 513 g/mol. The maximum Gasteiger partial charge on any atom is 0.329 e. The number of carbonyl (C=O) groups is 2. The number of urea groups is 1. The molecule has 2 unspecified atom stereocenters. The van der Waals surface area contributed by atoms with E-state index in [9.17, 15) is 14.7 Å². The fourth-order valence-corrected chi connectivity index (χ4v) is 4.53. The molecule has 0 saturated carbocycles. The third kappa shape index (κ3) is 5.28. The summed E-state index contributed by atoms with van der Waals surface area (Å²) in [6, 6.07) is 20.7. The summed E-state index contributed by atoms with van der Waals surface area (Å²) in [4.78, 5) is 28.8. The Labute approximate surface area is 214 Å². The van der Waals surface area contributed by atoms with E-state index in [0.29, 0.717) is 23.7 Å². The quantitative estimate of drug-likeness (QED) is 0.348. The molecule has 4 N–H and O–H groups in total. The maximum absolute atomic E-state index is 13.5.